The highest BCUT2D eigenvalue weighted by Gasteiger charge is 1.94. The van der Waals surface area contributed by atoms with Crippen molar-refractivity contribution in [3.8, 4) is 0 Å². The van der Waals surface area contributed by atoms with Gasteiger partial charge < -0.3 is 5.73 Å². The summed E-state index contributed by atoms with van der Waals surface area (Å²) in [6, 6.07) is 18.3. The first-order chi connectivity index (χ1) is 9.36. The van der Waals surface area contributed by atoms with E-state index < -0.39 is 0 Å². The molecule has 1 heteroatoms. The number of nitrogens with two attached hydrogens (primary N) is 1. The first-order valence-electron chi connectivity index (χ1n) is 6.27. The standard InChI is InChI=1S/C18H17N/c19-18-14-8-12-17(13-9-15-18)16-10-6-4-2-1-3-5-7-11-16/h1-15H,19H2/b2-1?,3-1?,4-2?,5-3?,6-4?,7-5?,10-6?,11-7?,12-8-,13-9?,14-8?,15-9-,16-10?,16-11?,17-12?,17-13+,18-14+,18-15?. The van der Waals surface area contributed by atoms with E-state index in [-0.39, 0.29) is 0 Å². The number of rotatable bonds is 1. The smallest absolute Gasteiger partial charge is 0.0313 e. The Bertz CT molecular complexity index is 578. The Balaban J connectivity index is 2.42. The van der Waals surface area contributed by atoms with Gasteiger partial charge in [-0.25, -0.2) is 0 Å². The van der Waals surface area contributed by atoms with Crippen LogP contribution in [0.3, 0.4) is 0 Å². The topological polar surface area (TPSA) is 26.0 Å². The normalized spacial score (nSPS) is 22.5. The Morgan fingerprint density at radius 3 is 1.89 bits per heavy atom. The number of allylic oxidation sites excluding steroid dienone is 7. The second kappa shape index (κ2) is 7.02. The Morgan fingerprint density at radius 1 is 0.632 bits per heavy atom. The van der Waals surface area contributed by atoms with Crippen molar-refractivity contribution >= 4 is 5.57 Å². The summed E-state index contributed by atoms with van der Waals surface area (Å²) in [4.78, 5) is 0. The number of hydrogen-bond donors (Lipinski definition) is 1. The zero-order valence-corrected chi connectivity index (χ0v) is 10.7. The molecule has 94 valence electrons. The van der Waals surface area contributed by atoms with Crippen LogP contribution in [0.2, 0.25) is 0 Å². The molecule has 1 aliphatic rings. The Labute approximate surface area is 114 Å². The van der Waals surface area contributed by atoms with Crippen molar-refractivity contribution < 1.29 is 0 Å². The third-order valence-corrected chi connectivity index (χ3v) is 2.68. The van der Waals surface area contributed by atoms with Crippen molar-refractivity contribution in [2.75, 3.05) is 0 Å². The number of hydrogen-bond acceptors (Lipinski definition) is 1. The quantitative estimate of drug-likeness (QED) is 0.792. The summed E-state index contributed by atoms with van der Waals surface area (Å²) in [5.41, 5.74) is 8.82. The maximum absolute atomic E-state index is 5.75. The van der Waals surface area contributed by atoms with Gasteiger partial charge in [0.15, 0.2) is 0 Å². The van der Waals surface area contributed by atoms with Gasteiger partial charge in [-0.3, -0.25) is 0 Å². The maximum atomic E-state index is 5.75. The molecule has 0 saturated carbocycles. The molecule has 0 radical (unpaired) electrons. The average Bonchev–Trinajstić information content (AvgIpc) is 2.40. The van der Waals surface area contributed by atoms with Crippen LogP contribution in [-0.2, 0) is 0 Å². The van der Waals surface area contributed by atoms with Crippen LogP contribution in [0.25, 0.3) is 5.57 Å². The van der Waals surface area contributed by atoms with Gasteiger partial charge >= 0.3 is 0 Å². The van der Waals surface area contributed by atoms with Crippen molar-refractivity contribution in [1.82, 2.24) is 0 Å². The lowest BCUT2D eigenvalue weighted by molar-refractivity contribution is 1.42. The fraction of sp³-hybridized carbons (Fsp3) is 0. The van der Waals surface area contributed by atoms with E-state index in [1.165, 1.54) is 0 Å². The predicted molar refractivity (Wildman–Crippen MR) is 82.6 cm³/mol. The minimum Gasteiger partial charge on any atom is -0.399 e. The highest BCUT2D eigenvalue weighted by atomic mass is 14.5. The predicted octanol–water partition coefficient (Wildman–Crippen LogP) is 4.16. The van der Waals surface area contributed by atoms with Crippen LogP contribution < -0.4 is 5.73 Å². The van der Waals surface area contributed by atoms with E-state index in [4.69, 9.17) is 5.73 Å². The second-order valence-corrected chi connectivity index (χ2v) is 4.14. The molecule has 0 aromatic heterocycles. The molecule has 0 saturated heterocycles. The van der Waals surface area contributed by atoms with Crippen molar-refractivity contribution in [2.45, 2.75) is 0 Å². The minimum atomic E-state index is 0.759. The van der Waals surface area contributed by atoms with Crippen LogP contribution in [0.5, 0.6) is 0 Å². The van der Waals surface area contributed by atoms with E-state index >= 15 is 0 Å². The van der Waals surface area contributed by atoms with E-state index in [1.54, 1.807) is 0 Å². The minimum absolute atomic E-state index is 0.759. The Kier molecular flexibility index (Phi) is 4.77. The fourth-order valence-electron chi connectivity index (χ4n) is 1.72. The molecule has 0 atom stereocenters. The van der Waals surface area contributed by atoms with Crippen molar-refractivity contribution in [3.63, 3.8) is 0 Å². The third kappa shape index (κ3) is 4.32. The van der Waals surface area contributed by atoms with Crippen molar-refractivity contribution in [1.29, 1.82) is 0 Å². The summed E-state index contributed by atoms with van der Waals surface area (Å²) in [5, 5.41) is 0. The molecule has 1 aliphatic carbocycles. The van der Waals surface area contributed by atoms with Gasteiger partial charge in [0, 0.05) is 5.70 Å². The molecular formula is C18H17N. The van der Waals surface area contributed by atoms with Gasteiger partial charge in [-0.1, -0.05) is 78.9 Å². The summed E-state index contributed by atoms with van der Waals surface area (Å²) in [6.45, 7) is 0. The van der Waals surface area contributed by atoms with Gasteiger partial charge in [0.2, 0.25) is 0 Å². The summed E-state index contributed by atoms with van der Waals surface area (Å²) < 4.78 is 0. The lowest BCUT2D eigenvalue weighted by Gasteiger charge is -2.01. The Morgan fingerprint density at radius 2 is 1.21 bits per heavy atom. The molecule has 2 rings (SSSR count). The molecule has 0 heterocycles. The monoisotopic (exact) mass is 247 g/mol. The zero-order valence-electron chi connectivity index (χ0n) is 10.7. The van der Waals surface area contributed by atoms with Crippen molar-refractivity contribution in [2.24, 2.45) is 5.73 Å². The largest absolute Gasteiger partial charge is 0.399 e. The van der Waals surface area contributed by atoms with Gasteiger partial charge in [0.1, 0.15) is 0 Å². The van der Waals surface area contributed by atoms with Crippen molar-refractivity contribution in [3.05, 3.63) is 102 Å². The lowest BCUT2D eigenvalue weighted by atomic mass is 10.0. The Hall–Kier alpha value is -2.54. The van der Waals surface area contributed by atoms with Crippen LogP contribution in [0, 0.1) is 0 Å². The maximum Gasteiger partial charge on any atom is 0.0313 e. The SMILES string of the molecule is NC1=C/C=C\C(c2ccccccccc2)=C/C=C\1. The zero-order chi connectivity index (χ0) is 13.3. The van der Waals surface area contributed by atoms with Gasteiger partial charge in [0.25, 0.3) is 0 Å². The van der Waals surface area contributed by atoms with Gasteiger partial charge in [0.05, 0.1) is 0 Å². The molecule has 1 aromatic rings. The van der Waals surface area contributed by atoms with Gasteiger partial charge in [-0.2, -0.15) is 0 Å². The van der Waals surface area contributed by atoms with E-state index in [1.807, 2.05) is 66.8 Å². The molecule has 19 heavy (non-hydrogen) atoms. The third-order valence-electron chi connectivity index (χ3n) is 2.68. The summed E-state index contributed by atoms with van der Waals surface area (Å²) >= 11 is 0. The summed E-state index contributed by atoms with van der Waals surface area (Å²) in [7, 11) is 0. The average molecular weight is 247 g/mol. The van der Waals surface area contributed by atoms with E-state index in [0.29, 0.717) is 0 Å². The highest BCUT2D eigenvalue weighted by Crippen LogP contribution is 2.16. The first kappa shape index (κ1) is 12.9. The fourth-order valence-corrected chi connectivity index (χ4v) is 1.72. The molecule has 1 nitrogen and oxygen atoms in total. The van der Waals surface area contributed by atoms with Crippen LogP contribution in [0.15, 0.2) is 96.8 Å². The molecule has 0 amide bonds. The second-order valence-electron chi connectivity index (χ2n) is 4.14. The summed E-state index contributed by atoms with van der Waals surface area (Å²) in [6.07, 6.45) is 11.9. The van der Waals surface area contributed by atoms with Gasteiger partial charge in [-0.05, 0) is 23.3 Å². The van der Waals surface area contributed by atoms with Gasteiger partial charge in [-0.15, -0.1) is 0 Å². The van der Waals surface area contributed by atoms with Crippen LogP contribution in [0.4, 0.5) is 0 Å². The molecule has 0 spiro atoms. The molecule has 2 N–H and O–H groups in total. The molecule has 0 bridgehead atoms. The molecule has 0 unspecified atom stereocenters. The highest BCUT2D eigenvalue weighted by molar-refractivity contribution is 5.75. The molecule has 1 aromatic carbocycles. The van der Waals surface area contributed by atoms with E-state index in [0.717, 1.165) is 16.8 Å². The van der Waals surface area contributed by atoms with E-state index in [2.05, 4.69) is 24.3 Å². The summed E-state index contributed by atoms with van der Waals surface area (Å²) in [5.74, 6) is 0. The van der Waals surface area contributed by atoms with Crippen LogP contribution >= 0.6 is 0 Å². The van der Waals surface area contributed by atoms with Crippen LogP contribution in [-0.4, -0.2) is 0 Å². The molecule has 0 aliphatic heterocycles. The molecular weight excluding hydrogens is 230 g/mol. The van der Waals surface area contributed by atoms with E-state index in [9.17, 15) is 0 Å². The first-order valence-corrected chi connectivity index (χ1v) is 6.27. The van der Waals surface area contributed by atoms with Crippen LogP contribution in [0.1, 0.15) is 5.56 Å². The molecule has 0 fully saturated rings. The lowest BCUT2D eigenvalue weighted by Crippen LogP contribution is -1.92.